The Balaban J connectivity index is 1.46. The first-order valence-electron chi connectivity index (χ1n) is 18.3. The Bertz CT molecular complexity index is 1670. The van der Waals surface area contributed by atoms with Gasteiger partial charge in [0.15, 0.2) is 23.9 Å². The first-order chi connectivity index (χ1) is 25.7. The predicted molar refractivity (Wildman–Crippen MR) is 179 cm³/mol. The van der Waals surface area contributed by atoms with E-state index < -0.39 is 144 Å². The van der Waals surface area contributed by atoms with Crippen LogP contribution in [0.1, 0.15) is 54.4 Å². The normalized spacial score (nSPS) is 45.0. The van der Waals surface area contributed by atoms with E-state index in [0.29, 0.717) is 5.57 Å². The van der Waals surface area contributed by atoms with Crippen LogP contribution in [0.2, 0.25) is 0 Å². The molecule has 2 saturated carbocycles. The van der Waals surface area contributed by atoms with Gasteiger partial charge in [-0.3, -0.25) is 9.59 Å². The van der Waals surface area contributed by atoms with Crippen molar-refractivity contribution in [2.24, 2.45) is 34.5 Å². The highest BCUT2D eigenvalue weighted by atomic mass is 16.7. The zero-order chi connectivity index (χ0) is 40.7. The van der Waals surface area contributed by atoms with Crippen LogP contribution in [0.5, 0.6) is 0 Å². The van der Waals surface area contributed by atoms with Gasteiger partial charge in [0.05, 0.1) is 32.3 Å². The molecule has 3 heterocycles. The second kappa shape index (κ2) is 14.2. The van der Waals surface area contributed by atoms with E-state index in [1.165, 1.54) is 13.0 Å². The summed E-state index contributed by atoms with van der Waals surface area (Å²) in [6, 6.07) is 0. The van der Waals surface area contributed by atoms with Crippen LogP contribution in [0.15, 0.2) is 23.5 Å². The van der Waals surface area contributed by atoms with E-state index >= 15 is 0 Å². The molecule has 0 amide bonds. The summed E-state index contributed by atoms with van der Waals surface area (Å²) in [6.07, 6.45) is -12.7. The zero-order valence-corrected chi connectivity index (χ0v) is 31.6. The summed E-state index contributed by atoms with van der Waals surface area (Å²) in [7, 11) is 1.03. The van der Waals surface area contributed by atoms with Crippen LogP contribution < -0.4 is 0 Å². The minimum absolute atomic E-state index is 0.0127. The van der Waals surface area contributed by atoms with Crippen molar-refractivity contribution in [3.8, 4) is 0 Å². The van der Waals surface area contributed by atoms with Crippen molar-refractivity contribution in [2.45, 2.75) is 121 Å². The topological polar surface area (TPSA) is 271 Å². The Kier molecular flexibility index (Phi) is 10.6. The van der Waals surface area contributed by atoms with Crippen LogP contribution in [0.3, 0.4) is 0 Å². The summed E-state index contributed by atoms with van der Waals surface area (Å²) in [5.41, 5.74) is -6.27. The third-order valence-electron chi connectivity index (χ3n) is 13.0. The maximum Gasteiger partial charge on any atom is 0.348 e. The SMILES string of the molecule is CCC(=CC(=O)OC1C(=O)OC2CC3C(C)C(=O)C(OC4C(O)OC(CO)C(O)C4O)=CC3(C)C3C(O)C(O)C4(C(=O)OC)OCC23C14)C(C)(C)OC(C)=O. The molecule has 3 aliphatic heterocycles. The monoisotopic (exact) mass is 782 g/mol. The van der Waals surface area contributed by atoms with Gasteiger partial charge in [0, 0.05) is 30.3 Å². The van der Waals surface area contributed by atoms with Gasteiger partial charge in [0.25, 0.3) is 0 Å². The number of hydrogen-bond acceptors (Lipinski definition) is 18. The zero-order valence-electron chi connectivity index (χ0n) is 31.6. The van der Waals surface area contributed by atoms with Crippen LogP contribution in [0.25, 0.3) is 0 Å². The van der Waals surface area contributed by atoms with Gasteiger partial charge in [-0.2, -0.15) is 0 Å². The second-order valence-corrected chi connectivity index (χ2v) is 16.2. The van der Waals surface area contributed by atoms with E-state index in [1.807, 2.05) is 0 Å². The van der Waals surface area contributed by atoms with Crippen LogP contribution >= 0.6 is 0 Å². The molecule has 0 aromatic carbocycles. The number of aliphatic hydroxyl groups is 6. The lowest BCUT2D eigenvalue weighted by molar-refractivity contribution is -0.294. The molecule has 18 nitrogen and oxygen atoms in total. The Morgan fingerprint density at radius 2 is 1.73 bits per heavy atom. The number of Topliss-reactive ketones (excluding diaryl/α,β-unsaturated/α-hetero) is 1. The number of fused-ring (bicyclic) bond motifs is 2. The molecule has 55 heavy (non-hydrogen) atoms. The highest BCUT2D eigenvalue weighted by Gasteiger charge is 2.85. The molecule has 0 radical (unpaired) electrons. The summed E-state index contributed by atoms with van der Waals surface area (Å²) in [6.45, 7) is 8.19. The van der Waals surface area contributed by atoms with Gasteiger partial charge < -0.3 is 63.8 Å². The molecule has 6 aliphatic rings. The molecule has 1 spiro atoms. The largest absolute Gasteiger partial charge is 0.479 e. The summed E-state index contributed by atoms with van der Waals surface area (Å²) < 4.78 is 39.6. The summed E-state index contributed by atoms with van der Waals surface area (Å²) in [4.78, 5) is 67.1. The third kappa shape index (κ3) is 5.94. The molecular formula is C37H50O18. The van der Waals surface area contributed by atoms with E-state index in [1.54, 1.807) is 34.6 Å². The third-order valence-corrected chi connectivity index (χ3v) is 13.0. The van der Waals surface area contributed by atoms with Gasteiger partial charge in [0.2, 0.25) is 11.7 Å². The maximum atomic E-state index is 14.0. The minimum atomic E-state index is -2.43. The van der Waals surface area contributed by atoms with E-state index in [4.69, 9.17) is 33.2 Å². The number of carbonyl (C=O) groups is 5. The number of rotatable bonds is 9. The van der Waals surface area contributed by atoms with Gasteiger partial charge in [-0.15, -0.1) is 0 Å². The maximum absolute atomic E-state index is 14.0. The van der Waals surface area contributed by atoms with E-state index in [0.717, 1.165) is 13.2 Å². The van der Waals surface area contributed by atoms with Crippen molar-refractivity contribution in [2.75, 3.05) is 20.3 Å². The van der Waals surface area contributed by atoms with Gasteiger partial charge in [0.1, 0.15) is 36.1 Å². The van der Waals surface area contributed by atoms with Gasteiger partial charge in [-0.05, 0) is 49.7 Å². The fourth-order valence-electron chi connectivity index (χ4n) is 10.7. The molecule has 5 fully saturated rings. The average molecular weight is 783 g/mol. The average Bonchev–Trinajstić information content (AvgIpc) is 3.42. The van der Waals surface area contributed by atoms with Crippen molar-refractivity contribution >= 4 is 29.7 Å². The lowest BCUT2D eigenvalue weighted by atomic mass is 9.38. The molecule has 3 saturated heterocycles. The summed E-state index contributed by atoms with van der Waals surface area (Å²) in [5.74, 6) is -9.15. The number of hydrogen-bond donors (Lipinski definition) is 6. The van der Waals surface area contributed by atoms with Crippen molar-refractivity contribution in [3.63, 3.8) is 0 Å². The first kappa shape index (κ1) is 41.2. The molecule has 16 atom stereocenters. The Morgan fingerprint density at radius 3 is 2.33 bits per heavy atom. The summed E-state index contributed by atoms with van der Waals surface area (Å²) in [5, 5.41) is 65.6. The lowest BCUT2D eigenvalue weighted by Gasteiger charge is -2.67. The first-order valence-corrected chi connectivity index (χ1v) is 18.3. The number of methoxy groups -OCH3 is 1. The quantitative estimate of drug-likeness (QED) is 0.0868. The molecule has 0 aromatic rings. The van der Waals surface area contributed by atoms with Gasteiger partial charge in [-0.1, -0.05) is 20.8 Å². The number of ketones is 1. The van der Waals surface area contributed by atoms with Gasteiger partial charge in [-0.25, -0.2) is 14.4 Å². The molecule has 2 bridgehead atoms. The van der Waals surface area contributed by atoms with Crippen LogP contribution in [0, 0.1) is 34.5 Å². The van der Waals surface area contributed by atoms with Crippen molar-refractivity contribution < 1.29 is 87.8 Å². The number of esters is 4. The fraction of sp³-hybridized carbons (Fsp3) is 0.757. The highest BCUT2D eigenvalue weighted by Crippen LogP contribution is 2.72. The number of carbonyl (C=O) groups excluding carboxylic acids is 5. The van der Waals surface area contributed by atoms with Crippen molar-refractivity contribution in [1.82, 2.24) is 0 Å². The predicted octanol–water partition coefficient (Wildman–Crippen LogP) is -1.66. The van der Waals surface area contributed by atoms with E-state index in [-0.39, 0.29) is 18.6 Å². The Morgan fingerprint density at radius 1 is 1.05 bits per heavy atom. The van der Waals surface area contributed by atoms with E-state index in [2.05, 4.69) is 0 Å². The molecule has 16 unspecified atom stereocenters. The van der Waals surface area contributed by atoms with Crippen molar-refractivity contribution in [3.05, 3.63) is 23.5 Å². The van der Waals surface area contributed by atoms with Crippen LogP contribution in [0.4, 0.5) is 0 Å². The van der Waals surface area contributed by atoms with Gasteiger partial charge >= 0.3 is 23.9 Å². The molecule has 306 valence electrons. The molecule has 6 rings (SSSR count). The number of allylic oxidation sites excluding steroid dienone is 2. The Hall–Kier alpha value is -3.49. The second-order valence-electron chi connectivity index (χ2n) is 16.2. The molecular weight excluding hydrogens is 732 g/mol. The van der Waals surface area contributed by atoms with E-state index in [9.17, 15) is 54.6 Å². The lowest BCUT2D eigenvalue weighted by Crippen LogP contribution is -2.79. The number of aliphatic hydroxyl groups excluding tert-OH is 6. The molecule has 6 N–H and O–H groups in total. The fourth-order valence-corrected chi connectivity index (χ4v) is 10.7. The molecule has 3 aliphatic carbocycles. The highest BCUT2D eigenvalue weighted by molar-refractivity contribution is 5.97. The van der Waals surface area contributed by atoms with Crippen molar-refractivity contribution in [1.29, 1.82) is 0 Å². The molecule has 18 heteroatoms. The summed E-state index contributed by atoms with van der Waals surface area (Å²) >= 11 is 0. The van der Waals surface area contributed by atoms with Crippen LogP contribution in [-0.4, -0.2) is 147 Å². The minimum Gasteiger partial charge on any atom is -0.479 e. The standard InChI is InChI=1S/C37H50O18/c1-8-16(34(4,5)55-15(3)39)9-21(40)54-27-29-36-13-50-37(29,33(48)49-7)30(45)25(44)28(36)35(6)11-18(22(41)14(2)17(35)10-20(36)53-32(27)47)51-26-24(43)23(42)19(12-38)52-31(26)46/h9,11,14,17,19-20,23-31,38,42-46H,8,10,12-13H2,1-7H3. The molecule has 0 aromatic heterocycles. The Labute approximate surface area is 316 Å². The smallest absolute Gasteiger partial charge is 0.348 e. The van der Waals surface area contributed by atoms with Crippen LogP contribution in [-0.2, 0) is 57.1 Å². The number of ether oxygens (including phenoxy) is 7.